The zero-order chi connectivity index (χ0) is 6.74. The predicted molar refractivity (Wildman–Crippen MR) is 38.4 cm³/mol. The molecule has 0 aliphatic carbocycles. The maximum absolute atomic E-state index is 5.50. The molecule has 0 aromatic carbocycles. The summed E-state index contributed by atoms with van der Waals surface area (Å²) in [6.07, 6.45) is 5.54. The van der Waals surface area contributed by atoms with Crippen LogP contribution >= 0.6 is 0 Å². The maximum atomic E-state index is 5.50. The summed E-state index contributed by atoms with van der Waals surface area (Å²) >= 11 is 0. The second-order valence-electron chi connectivity index (χ2n) is 2.82. The van der Waals surface area contributed by atoms with E-state index >= 15 is 0 Å². The van der Waals surface area contributed by atoms with Crippen molar-refractivity contribution in [3.63, 3.8) is 0 Å². The number of ether oxygens (including phenoxy) is 1. The molecule has 1 heterocycles. The molecule has 62 valence electrons. The molecular formula is C8H14OPt. The van der Waals surface area contributed by atoms with Gasteiger partial charge in [-0.3, -0.25) is 0 Å². The van der Waals surface area contributed by atoms with Gasteiger partial charge in [-0.1, -0.05) is 6.08 Å². The van der Waals surface area contributed by atoms with E-state index in [4.69, 9.17) is 4.74 Å². The third-order valence-corrected chi connectivity index (χ3v) is 1.93. The Morgan fingerprint density at radius 3 is 2.50 bits per heavy atom. The van der Waals surface area contributed by atoms with Gasteiger partial charge in [0.2, 0.25) is 0 Å². The molecule has 0 radical (unpaired) electrons. The predicted octanol–water partition coefficient (Wildman–Crippen LogP) is 2.13. The van der Waals surface area contributed by atoms with Gasteiger partial charge in [0.05, 0.1) is 5.60 Å². The van der Waals surface area contributed by atoms with Crippen LogP contribution in [0.3, 0.4) is 0 Å². The molecule has 1 nitrogen and oxygen atoms in total. The average Bonchev–Trinajstić information content (AvgIpc) is 1.90. The summed E-state index contributed by atoms with van der Waals surface area (Å²) in [7, 11) is 0. The van der Waals surface area contributed by atoms with Gasteiger partial charge >= 0.3 is 0 Å². The van der Waals surface area contributed by atoms with Crippen LogP contribution in [0.2, 0.25) is 0 Å². The van der Waals surface area contributed by atoms with Crippen molar-refractivity contribution in [1.29, 1.82) is 0 Å². The fraction of sp³-hybridized carbons (Fsp3) is 0.750. The maximum Gasteiger partial charge on any atom is 0.0831 e. The molecule has 0 bridgehead atoms. The van der Waals surface area contributed by atoms with Gasteiger partial charge < -0.3 is 4.74 Å². The van der Waals surface area contributed by atoms with Crippen LogP contribution in [0.4, 0.5) is 0 Å². The van der Waals surface area contributed by atoms with Crippen molar-refractivity contribution in [2.45, 2.75) is 31.8 Å². The monoisotopic (exact) mass is 321 g/mol. The molecule has 2 heteroatoms. The number of hydrogen-bond donors (Lipinski definition) is 0. The van der Waals surface area contributed by atoms with E-state index in [9.17, 15) is 0 Å². The van der Waals surface area contributed by atoms with E-state index in [2.05, 4.69) is 13.5 Å². The second-order valence-corrected chi connectivity index (χ2v) is 2.82. The van der Waals surface area contributed by atoms with Gasteiger partial charge in [-0.15, -0.1) is 6.58 Å². The van der Waals surface area contributed by atoms with Crippen LogP contribution < -0.4 is 0 Å². The smallest absolute Gasteiger partial charge is 0.0831 e. The normalized spacial score (nSPS) is 32.5. The molecule has 1 fully saturated rings. The van der Waals surface area contributed by atoms with Gasteiger partial charge in [0.1, 0.15) is 0 Å². The fourth-order valence-electron chi connectivity index (χ4n) is 1.12. The molecule has 0 saturated carbocycles. The summed E-state index contributed by atoms with van der Waals surface area (Å²) in [6, 6.07) is 0. The molecule has 0 N–H and O–H groups in total. The van der Waals surface area contributed by atoms with Crippen LogP contribution in [-0.2, 0) is 25.8 Å². The summed E-state index contributed by atoms with van der Waals surface area (Å²) in [5.74, 6) is 0. The minimum Gasteiger partial charge on any atom is -0.371 e. The molecule has 1 aliphatic heterocycles. The standard InChI is InChI=1S/C8H14O.Pt/c1-3-8(2)6-4-5-7-9-8;/h3H,1,4-7H2,2H3;. The Morgan fingerprint density at radius 2 is 2.20 bits per heavy atom. The van der Waals surface area contributed by atoms with E-state index in [-0.39, 0.29) is 26.7 Å². The Labute approximate surface area is 77.1 Å². The van der Waals surface area contributed by atoms with Crippen molar-refractivity contribution in [2.24, 2.45) is 0 Å². The molecule has 1 aliphatic rings. The summed E-state index contributed by atoms with van der Waals surface area (Å²) in [6.45, 7) is 6.73. The molecule has 0 amide bonds. The molecule has 0 aromatic rings. The average molecular weight is 321 g/mol. The van der Waals surface area contributed by atoms with E-state index in [1.54, 1.807) is 0 Å². The summed E-state index contributed by atoms with van der Waals surface area (Å²) in [4.78, 5) is 0. The van der Waals surface area contributed by atoms with Crippen molar-refractivity contribution < 1.29 is 25.8 Å². The number of hydrogen-bond acceptors (Lipinski definition) is 1. The van der Waals surface area contributed by atoms with Gasteiger partial charge in [0, 0.05) is 27.7 Å². The van der Waals surface area contributed by atoms with Crippen LogP contribution in [-0.4, -0.2) is 12.2 Å². The van der Waals surface area contributed by atoms with Crippen molar-refractivity contribution >= 4 is 0 Å². The fourth-order valence-corrected chi connectivity index (χ4v) is 1.12. The SMILES string of the molecule is C=CC1(C)CCCCO1.[Pt]. The Balaban J connectivity index is 0.000000810. The molecule has 1 unspecified atom stereocenters. The van der Waals surface area contributed by atoms with Crippen LogP contribution in [0.15, 0.2) is 12.7 Å². The topological polar surface area (TPSA) is 9.23 Å². The molecule has 1 atom stereocenters. The Hall–Kier alpha value is 0.388. The van der Waals surface area contributed by atoms with Crippen LogP contribution in [0.5, 0.6) is 0 Å². The van der Waals surface area contributed by atoms with Crippen molar-refractivity contribution in [1.82, 2.24) is 0 Å². The first-order valence-corrected chi connectivity index (χ1v) is 3.54. The van der Waals surface area contributed by atoms with Gasteiger partial charge in [-0.25, -0.2) is 0 Å². The van der Waals surface area contributed by atoms with Gasteiger partial charge in [-0.2, -0.15) is 0 Å². The first-order valence-electron chi connectivity index (χ1n) is 3.54. The van der Waals surface area contributed by atoms with E-state index in [0.29, 0.717) is 0 Å². The van der Waals surface area contributed by atoms with E-state index < -0.39 is 0 Å². The molecule has 0 spiro atoms. The van der Waals surface area contributed by atoms with Gasteiger partial charge in [-0.05, 0) is 26.2 Å². The zero-order valence-corrected chi connectivity index (χ0v) is 8.61. The summed E-state index contributed by atoms with van der Waals surface area (Å²) in [5.41, 5.74) is -0.0156. The summed E-state index contributed by atoms with van der Waals surface area (Å²) < 4.78 is 5.50. The van der Waals surface area contributed by atoms with Crippen LogP contribution in [0.1, 0.15) is 26.2 Å². The molecule has 1 saturated heterocycles. The molecular weight excluding hydrogens is 307 g/mol. The molecule has 0 aromatic heterocycles. The van der Waals surface area contributed by atoms with Crippen molar-refractivity contribution in [3.05, 3.63) is 12.7 Å². The third-order valence-electron chi connectivity index (χ3n) is 1.93. The second kappa shape index (κ2) is 4.30. The molecule has 1 rings (SSSR count). The Bertz CT molecular complexity index is 106. The quantitative estimate of drug-likeness (QED) is 0.673. The Kier molecular flexibility index (Phi) is 4.47. The zero-order valence-electron chi connectivity index (χ0n) is 6.34. The largest absolute Gasteiger partial charge is 0.371 e. The van der Waals surface area contributed by atoms with Gasteiger partial charge in [0.15, 0.2) is 0 Å². The van der Waals surface area contributed by atoms with Crippen molar-refractivity contribution in [3.8, 4) is 0 Å². The van der Waals surface area contributed by atoms with Crippen LogP contribution in [0, 0.1) is 0 Å². The van der Waals surface area contributed by atoms with E-state index in [1.165, 1.54) is 12.8 Å². The third kappa shape index (κ3) is 2.55. The first kappa shape index (κ1) is 10.4. The van der Waals surface area contributed by atoms with Crippen LogP contribution in [0.25, 0.3) is 0 Å². The minimum atomic E-state index is -0.0156. The van der Waals surface area contributed by atoms with Crippen molar-refractivity contribution in [2.75, 3.05) is 6.61 Å². The summed E-state index contributed by atoms with van der Waals surface area (Å²) in [5, 5.41) is 0. The first-order chi connectivity index (χ1) is 4.27. The number of rotatable bonds is 1. The molecule has 10 heavy (non-hydrogen) atoms. The Morgan fingerprint density at radius 1 is 1.50 bits per heavy atom. The van der Waals surface area contributed by atoms with Gasteiger partial charge in [0.25, 0.3) is 0 Å². The van der Waals surface area contributed by atoms with E-state index in [0.717, 1.165) is 13.0 Å². The van der Waals surface area contributed by atoms with E-state index in [1.807, 2.05) is 6.08 Å². The minimum absolute atomic E-state index is 0.